The van der Waals surface area contributed by atoms with Crippen molar-refractivity contribution in [3.05, 3.63) is 29.8 Å². The number of amides is 1. The molecular formula is C16H24N2OS. The lowest BCUT2D eigenvalue weighted by Gasteiger charge is -2.39. The van der Waals surface area contributed by atoms with Gasteiger partial charge in [-0.05, 0) is 49.3 Å². The van der Waals surface area contributed by atoms with Gasteiger partial charge in [0, 0.05) is 29.6 Å². The molecule has 0 radical (unpaired) electrons. The van der Waals surface area contributed by atoms with Gasteiger partial charge in [-0.25, -0.2) is 0 Å². The van der Waals surface area contributed by atoms with E-state index in [1.165, 1.54) is 11.3 Å². The Bertz CT molecular complexity index is 446. The molecule has 1 heterocycles. The van der Waals surface area contributed by atoms with Crippen LogP contribution in [0.3, 0.4) is 0 Å². The second-order valence-corrected chi connectivity index (χ2v) is 6.29. The van der Waals surface area contributed by atoms with Crippen molar-refractivity contribution in [3.63, 3.8) is 0 Å². The standard InChI is InChI=1S/C16H24N2OS/c1-3-12-8-9-18(14(10-12)11-17)16(19)13-4-6-15(20-2)7-5-13/h4-7,12,14H,3,8-11,17H2,1-2H3. The first-order valence-electron chi connectivity index (χ1n) is 7.34. The van der Waals surface area contributed by atoms with Gasteiger partial charge in [-0.2, -0.15) is 0 Å². The molecule has 20 heavy (non-hydrogen) atoms. The summed E-state index contributed by atoms with van der Waals surface area (Å²) in [6.07, 6.45) is 5.36. The molecule has 1 fully saturated rings. The van der Waals surface area contributed by atoms with E-state index in [0.717, 1.165) is 24.9 Å². The lowest BCUT2D eigenvalue weighted by atomic mass is 9.88. The van der Waals surface area contributed by atoms with Gasteiger partial charge in [0.05, 0.1) is 0 Å². The Kier molecular flexibility index (Phi) is 5.49. The maximum Gasteiger partial charge on any atom is 0.254 e. The van der Waals surface area contributed by atoms with Crippen LogP contribution in [0.15, 0.2) is 29.2 Å². The fraction of sp³-hybridized carbons (Fsp3) is 0.562. The van der Waals surface area contributed by atoms with Gasteiger partial charge in [0.2, 0.25) is 0 Å². The van der Waals surface area contributed by atoms with Crippen molar-refractivity contribution in [3.8, 4) is 0 Å². The van der Waals surface area contributed by atoms with E-state index in [9.17, 15) is 4.79 Å². The maximum absolute atomic E-state index is 12.6. The van der Waals surface area contributed by atoms with Crippen LogP contribution >= 0.6 is 11.8 Å². The topological polar surface area (TPSA) is 46.3 Å². The number of hydrogen-bond donors (Lipinski definition) is 1. The minimum Gasteiger partial charge on any atom is -0.334 e. The van der Waals surface area contributed by atoms with E-state index in [0.29, 0.717) is 12.5 Å². The lowest BCUT2D eigenvalue weighted by molar-refractivity contribution is 0.0558. The Hall–Kier alpha value is -1.00. The van der Waals surface area contributed by atoms with E-state index >= 15 is 0 Å². The molecule has 0 bridgehead atoms. The van der Waals surface area contributed by atoms with Crippen molar-refractivity contribution < 1.29 is 4.79 Å². The third-order valence-electron chi connectivity index (χ3n) is 4.27. The molecule has 0 spiro atoms. The van der Waals surface area contributed by atoms with Gasteiger partial charge in [-0.1, -0.05) is 13.3 Å². The number of carbonyl (C=O) groups excluding carboxylic acids is 1. The SMILES string of the molecule is CCC1CCN(C(=O)c2ccc(SC)cc2)C(CN)C1. The molecule has 2 rings (SSSR count). The van der Waals surface area contributed by atoms with E-state index in [4.69, 9.17) is 5.73 Å². The Morgan fingerprint density at radius 2 is 2.10 bits per heavy atom. The fourth-order valence-electron chi connectivity index (χ4n) is 2.90. The van der Waals surface area contributed by atoms with Gasteiger partial charge in [0.25, 0.3) is 5.91 Å². The van der Waals surface area contributed by atoms with Crippen LogP contribution in [0.5, 0.6) is 0 Å². The summed E-state index contributed by atoms with van der Waals surface area (Å²) >= 11 is 1.69. The van der Waals surface area contributed by atoms with Gasteiger partial charge in [-0.15, -0.1) is 11.8 Å². The van der Waals surface area contributed by atoms with Crippen LogP contribution in [0.25, 0.3) is 0 Å². The van der Waals surface area contributed by atoms with Crippen molar-refractivity contribution in [2.24, 2.45) is 11.7 Å². The highest BCUT2D eigenvalue weighted by molar-refractivity contribution is 7.98. The van der Waals surface area contributed by atoms with Crippen molar-refractivity contribution in [1.29, 1.82) is 0 Å². The molecule has 1 aliphatic heterocycles. The molecule has 0 aromatic heterocycles. The number of nitrogens with two attached hydrogens (primary N) is 1. The number of nitrogens with zero attached hydrogens (tertiary/aromatic N) is 1. The van der Waals surface area contributed by atoms with E-state index in [1.54, 1.807) is 11.8 Å². The zero-order valence-electron chi connectivity index (χ0n) is 12.3. The molecule has 0 aliphatic carbocycles. The molecule has 1 aliphatic rings. The largest absolute Gasteiger partial charge is 0.334 e. The number of thioether (sulfide) groups is 1. The van der Waals surface area contributed by atoms with Crippen LogP contribution < -0.4 is 5.73 Å². The molecule has 110 valence electrons. The van der Waals surface area contributed by atoms with Crippen molar-refractivity contribution >= 4 is 17.7 Å². The maximum atomic E-state index is 12.6. The smallest absolute Gasteiger partial charge is 0.254 e. The Labute approximate surface area is 125 Å². The van der Waals surface area contributed by atoms with Gasteiger partial charge < -0.3 is 10.6 Å². The van der Waals surface area contributed by atoms with Crippen LogP contribution in [0.4, 0.5) is 0 Å². The molecule has 1 aromatic carbocycles. The number of benzene rings is 1. The summed E-state index contributed by atoms with van der Waals surface area (Å²) < 4.78 is 0. The Balaban J connectivity index is 2.10. The van der Waals surface area contributed by atoms with Crippen molar-refractivity contribution in [1.82, 2.24) is 4.90 Å². The summed E-state index contributed by atoms with van der Waals surface area (Å²) in [6.45, 7) is 3.62. The van der Waals surface area contributed by atoms with Gasteiger partial charge in [-0.3, -0.25) is 4.79 Å². The minimum absolute atomic E-state index is 0.127. The lowest BCUT2D eigenvalue weighted by Crippen LogP contribution is -2.49. The van der Waals surface area contributed by atoms with Gasteiger partial charge >= 0.3 is 0 Å². The first-order valence-corrected chi connectivity index (χ1v) is 8.57. The molecular weight excluding hydrogens is 268 g/mol. The average molecular weight is 292 g/mol. The molecule has 1 saturated heterocycles. The Morgan fingerprint density at radius 3 is 2.65 bits per heavy atom. The molecule has 1 amide bonds. The van der Waals surface area contributed by atoms with Crippen molar-refractivity contribution in [2.75, 3.05) is 19.3 Å². The fourth-order valence-corrected chi connectivity index (χ4v) is 3.30. The summed E-state index contributed by atoms with van der Waals surface area (Å²) in [5, 5.41) is 0. The summed E-state index contributed by atoms with van der Waals surface area (Å²) in [7, 11) is 0. The molecule has 0 saturated carbocycles. The number of rotatable bonds is 4. The van der Waals surface area contributed by atoms with Gasteiger partial charge in [0.1, 0.15) is 0 Å². The second-order valence-electron chi connectivity index (χ2n) is 5.42. The molecule has 2 N–H and O–H groups in total. The van der Waals surface area contributed by atoms with Crippen LogP contribution in [0.1, 0.15) is 36.5 Å². The average Bonchev–Trinajstić information content (AvgIpc) is 2.53. The van der Waals surface area contributed by atoms with Crippen LogP contribution in [-0.2, 0) is 0 Å². The first kappa shape index (κ1) is 15.4. The Morgan fingerprint density at radius 1 is 1.40 bits per heavy atom. The summed E-state index contributed by atoms with van der Waals surface area (Å²) in [6, 6.07) is 8.06. The third kappa shape index (κ3) is 3.36. The zero-order valence-corrected chi connectivity index (χ0v) is 13.2. The number of piperidine rings is 1. The number of carbonyl (C=O) groups is 1. The molecule has 4 heteroatoms. The van der Waals surface area contributed by atoms with Crippen LogP contribution in [0.2, 0.25) is 0 Å². The number of likely N-dealkylation sites (tertiary alicyclic amines) is 1. The zero-order chi connectivity index (χ0) is 14.5. The van der Waals surface area contributed by atoms with E-state index in [-0.39, 0.29) is 11.9 Å². The summed E-state index contributed by atoms with van der Waals surface area (Å²) in [4.78, 5) is 15.8. The highest BCUT2D eigenvalue weighted by Gasteiger charge is 2.30. The number of hydrogen-bond acceptors (Lipinski definition) is 3. The molecule has 2 unspecified atom stereocenters. The molecule has 3 nitrogen and oxygen atoms in total. The minimum atomic E-state index is 0.127. The highest BCUT2D eigenvalue weighted by atomic mass is 32.2. The van der Waals surface area contributed by atoms with Gasteiger partial charge in [0.15, 0.2) is 0 Å². The predicted molar refractivity (Wildman–Crippen MR) is 85.1 cm³/mol. The monoisotopic (exact) mass is 292 g/mol. The highest BCUT2D eigenvalue weighted by Crippen LogP contribution is 2.26. The third-order valence-corrected chi connectivity index (χ3v) is 5.02. The summed E-state index contributed by atoms with van der Waals surface area (Å²) in [5.41, 5.74) is 6.65. The van der Waals surface area contributed by atoms with E-state index in [1.807, 2.05) is 35.4 Å². The first-order chi connectivity index (χ1) is 9.69. The van der Waals surface area contributed by atoms with Crippen LogP contribution in [-0.4, -0.2) is 36.2 Å². The second kappa shape index (κ2) is 7.14. The summed E-state index contributed by atoms with van der Waals surface area (Å²) in [5.74, 6) is 0.842. The quantitative estimate of drug-likeness (QED) is 0.868. The normalized spacial score (nSPS) is 22.9. The molecule has 2 atom stereocenters. The predicted octanol–water partition coefficient (Wildman–Crippen LogP) is 3.00. The van der Waals surface area contributed by atoms with Crippen LogP contribution in [0, 0.1) is 5.92 Å². The van der Waals surface area contributed by atoms with Crippen molar-refractivity contribution in [2.45, 2.75) is 37.1 Å². The molecule has 1 aromatic rings. The van der Waals surface area contributed by atoms with E-state index in [2.05, 4.69) is 6.92 Å². The van der Waals surface area contributed by atoms with E-state index < -0.39 is 0 Å².